The highest BCUT2D eigenvalue weighted by atomic mass is 16.5. The number of imidazole rings is 1. The fraction of sp³-hybridized carbons (Fsp3) is 0.250. The maximum absolute atomic E-state index is 5.55. The first-order chi connectivity index (χ1) is 12.2. The van der Waals surface area contributed by atoms with Crippen molar-refractivity contribution in [3.63, 3.8) is 0 Å². The molecule has 0 N–H and O–H groups in total. The molecule has 0 spiro atoms. The predicted molar refractivity (Wildman–Crippen MR) is 99.0 cm³/mol. The molecule has 5 heteroatoms. The van der Waals surface area contributed by atoms with Gasteiger partial charge in [0.25, 0.3) is 0 Å². The van der Waals surface area contributed by atoms with Crippen LogP contribution in [-0.2, 0) is 6.42 Å². The molecule has 0 saturated carbocycles. The Kier molecular flexibility index (Phi) is 3.84. The smallest absolute Gasteiger partial charge is 0.164 e. The molecule has 0 bridgehead atoms. The molecule has 0 saturated heterocycles. The number of hydrogen-bond acceptors (Lipinski definition) is 4. The lowest BCUT2D eigenvalue weighted by Crippen LogP contribution is -2.01. The van der Waals surface area contributed by atoms with Gasteiger partial charge >= 0.3 is 0 Å². The summed E-state index contributed by atoms with van der Waals surface area (Å²) in [4.78, 5) is 14.2. The van der Waals surface area contributed by atoms with Crippen LogP contribution in [0.4, 0.5) is 0 Å². The molecule has 0 aliphatic rings. The molecule has 0 amide bonds. The lowest BCUT2D eigenvalue weighted by atomic mass is 10.1. The second-order valence-corrected chi connectivity index (χ2v) is 5.91. The number of fused-ring (bicyclic) bond motifs is 3. The topological polar surface area (TPSA) is 52.3 Å². The van der Waals surface area contributed by atoms with Crippen LogP contribution in [0.25, 0.3) is 27.9 Å². The largest absolute Gasteiger partial charge is 0.494 e. The van der Waals surface area contributed by atoms with E-state index in [0.29, 0.717) is 6.61 Å². The van der Waals surface area contributed by atoms with Crippen LogP contribution in [0.5, 0.6) is 5.75 Å². The first-order valence-corrected chi connectivity index (χ1v) is 8.58. The maximum Gasteiger partial charge on any atom is 0.164 e. The maximum atomic E-state index is 5.55. The van der Waals surface area contributed by atoms with Crippen LogP contribution in [-0.4, -0.2) is 26.0 Å². The Bertz CT molecular complexity index is 1050. The molecular formula is C20H20N4O. The third-order valence-electron chi connectivity index (χ3n) is 4.31. The van der Waals surface area contributed by atoms with Gasteiger partial charge in [-0.15, -0.1) is 0 Å². The van der Waals surface area contributed by atoms with Gasteiger partial charge in [-0.2, -0.15) is 0 Å². The fourth-order valence-electron chi connectivity index (χ4n) is 3.23. The van der Waals surface area contributed by atoms with Crippen molar-refractivity contribution >= 4 is 16.7 Å². The summed E-state index contributed by atoms with van der Waals surface area (Å²) in [6.45, 7) is 6.78. The second kappa shape index (κ2) is 6.16. The van der Waals surface area contributed by atoms with Crippen molar-refractivity contribution < 1.29 is 4.74 Å². The third kappa shape index (κ3) is 2.52. The zero-order chi connectivity index (χ0) is 17.4. The van der Waals surface area contributed by atoms with Crippen molar-refractivity contribution in [1.29, 1.82) is 0 Å². The Morgan fingerprint density at radius 3 is 2.56 bits per heavy atom. The molecule has 0 radical (unpaired) electrons. The molecule has 5 nitrogen and oxygen atoms in total. The molecular weight excluding hydrogens is 312 g/mol. The molecule has 3 aromatic heterocycles. The average molecular weight is 332 g/mol. The van der Waals surface area contributed by atoms with Gasteiger partial charge in [0.1, 0.15) is 17.1 Å². The second-order valence-electron chi connectivity index (χ2n) is 5.91. The first-order valence-electron chi connectivity index (χ1n) is 8.58. The number of nitrogens with zero attached hydrogens (tertiary/aromatic N) is 4. The third-order valence-corrected chi connectivity index (χ3v) is 4.31. The van der Waals surface area contributed by atoms with Crippen molar-refractivity contribution in [1.82, 2.24) is 19.4 Å². The predicted octanol–water partition coefficient (Wildman–Crippen LogP) is 4.21. The van der Waals surface area contributed by atoms with Gasteiger partial charge < -0.3 is 4.74 Å². The summed E-state index contributed by atoms with van der Waals surface area (Å²) >= 11 is 0. The summed E-state index contributed by atoms with van der Waals surface area (Å²) in [6.07, 6.45) is 2.64. The highest BCUT2D eigenvalue weighted by molar-refractivity contribution is 5.87. The minimum atomic E-state index is 0.658. The Morgan fingerprint density at radius 1 is 1.04 bits per heavy atom. The molecule has 0 aliphatic carbocycles. The SMILES string of the molecule is CCOc1ccc(-c2nc3cccnc3n3c(CC)nc(C)c23)cc1. The van der Waals surface area contributed by atoms with Crippen molar-refractivity contribution in [3.05, 3.63) is 54.1 Å². The number of pyridine rings is 1. The van der Waals surface area contributed by atoms with Crippen LogP contribution in [0.3, 0.4) is 0 Å². The Balaban J connectivity index is 2.03. The van der Waals surface area contributed by atoms with Crippen LogP contribution in [0.2, 0.25) is 0 Å². The van der Waals surface area contributed by atoms with E-state index in [1.807, 2.05) is 50.2 Å². The van der Waals surface area contributed by atoms with E-state index in [1.165, 1.54) is 0 Å². The van der Waals surface area contributed by atoms with Crippen molar-refractivity contribution in [2.45, 2.75) is 27.2 Å². The van der Waals surface area contributed by atoms with Crippen molar-refractivity contribution in [2.75, 3.05) is 6.61 Å². The van der Waals surface area contributed by atoms with Crippen molar-refractivity contribution in [3.8, 4) is 17.0 Å². The summed E-state index contributed by atoms with van der Waals surface area (Å²) in [6, 6.07) is 12.0. The minimum Gasteiger partial charge on any atom is -0.494 e. The van der Waals surface area contributed by atoms with Gasteiger partial charge in [-0.25, -0.2) is 15.0 Å². The van der Waals surface area contributed by atoms with Crippen LogP contribution in [0.15, 0.2) is 42.6 Å². The van der Waals surface area contributed by atoms with E-state index in [2.05, 4.69) is 16.3 Å². The van der Waals surface area contributed by atoms with Crippen LogP contribution in [0.1, 0.15) is 25.4 Å². The quantitative estimate of drug-likeness (QED) is 0.561. The molecule has 0 atom stereocenters. The van der Waals surface area contributed by atoms with Gasteiger partial charge in [0, 0.05) is 18.2 Å². The number of ether oxygens (including phenoxy) is 1. The monoisotopic (exact) mass is 332 g/mol. The van der Waals surface area contributed by atoms with Crippen LogP contribution < -0.4 is 4.74 Å². The molecule has 3 heterocycles. The summed E-state index contributed by atoms with van der Waals surface area (Å²) < 4.78 is 7.69. The van der Waals surface area contributed by atoms with E-state index in [-0.39, 0.29) is 0 Å². The van der Waals surface area contributed by atoms with Gasteiger partial charge in [0.15, 0.2) is 5.65 Å². The number of aromatic nitrogens is 4. The Morgan fingerprint density at radius 2 is 1.84 bits per heavy atom. The van der Waals surface area contributed by atoms with E-state index in [9.17, 15) is 0 Å². The highest BCUT2D eigenvalue weighted by Gasteiger charge is 2.17. The number of rotatable bonds is 4. The molecule has 4 rings (SSSR count). The standard InChI is InChI=1S/C20H20N4O/c1-4-17-22-13(3)19-18(14-8-10-15(11-9-14)25-5-2)23-16-7-6-12-21-20(16)24(17)19/h6-12H,4-5H2,1-3H3. The summed E-state index contributed by atoms with van der Waals surface area (Å²) in [5, 5.41) is 0. The summed E-state index contributed by atoms with van der Waals surface area (Å²) in [7, 11) is 0. The molecule has 126 valence electrons. The van der Waals surface area contributed by atoms with Gasteiger partial charge in [-0.05, 0) is 50.2 Å². The molecule has 4 aromatic rings. The first kappa shape index (κ1) is 15.6. The van der Waals surface area contributed by atoms with Gasteiger partial charge in [-0.1, -0.05) is 6.92 Å². The average Bonchev–Trinajstić information content (AvgIpc) is 2.99. The number of aryl methyl sites for hydroxylation is 2. The zero-order valence-electron chi connectivity index (χ0n) is 14.7. The Hall–Kier alpha value is -2.95. The molecule has 0 unspecified atom stereocenters. The van der Waals surface area contributed by atoms with Crippen LogP contribution in [0, 0.1) is 6.92 Å². The van der Waals surface area contributed by atoms with Gasteiger partial charge in [0.05, 0.1) is 23.5 Å². The summed E-state index contributed by atoms with van der Waals surface area (Å²) in [5.41, 5.74) is 5.68. The lowest BCUT2D eigenvalue weighted by molar-refractivity contribution is 0.340. The van der Waals surface area contributed by atoms with E-state index in [4.69, 9.17) is 14.7 Å². The molecule has 0 fully saturated rings. The minimum absolute atomic E-state index is 0.658. The van der Waals surface area contributed by atoms with Crippen LogP contribution >= 0.6 is 0 Å². The molecule has 0 aliphatic heterocycles. The van der Waals surface area contributed by atoms with E-state index in [1.54, 1.807) is 6.20 Å². The summed E-state index contributed by atoms with van der Waals surface area (Å²) in [5.74, 6) is 1.87. The fourth-order valence-corrected chi connectivity index (χ4v) is 3.23. The molecule has 25 heavy (non-hydrogen) atoms. The van der Waals surface area contributed by atoms with E-state index >= 15 is 0 Å². The normalized spacial score (nSPS) is 11.3. The Labute approximate surface area is 146 Å². The van der Waals surface area contributed by atoms with Crippen molar-refractivity contribution in [2.24, 2.45) is 0 Å². The lowest BCUT2D eigenvalue weighted by Gasteiger charge is -2.10. The van der Waals surface area contributed by atoms with E-state index in [0.717, 1.165) is 51.6 Å². The highest BCUT2D eigenvalue weighted by Crippen LogP contribution is 2.30. The van der Waals surface area contributed by atoms with E-state index < -0.39 is 0 Å². The number of benzene rings is 1. The molecule has 1 aromatic carbocycles. The van der Waals surface area contributed by atoms with Gasteiger partial charge in [0.2, 0.25) is 0 Å². The number of hydrogen-bond donors (Lipinski definition) is 0. The van der Waals surface area contributed by atoms with Gasteiger partial charge in [-0.3, -0.25) is 4.40 Å². The zero-order valence-corrected chi connectivity index (χ0v) is 14.7.